The van der Waals surface area contributed by atoms with Gasteiger partial charge >= 0.3 is 0 Å². The Kier molecular flexibility index (Phi) is 7.49. The van der Waals surface area contributed by atoms with Crippen LogP contribution < -0.4 is 10.6 Å². The molecule has 0 saturated heterocycles. The Morgan fingerprint density at radius 3 is 2.79 bits per heavy atom. The van der Waals surface area contributed by atoms with Crippen LogP contribution >= 0.6 is 11.8 Å². The number of nitrogens with one attached hydrogen (secondary N) is 2. The van der Waals surface area contributed by atoms with E-state index in [0.717, 1.165) is 30.4 Å². The highest BCUT2D eigenvalue weighted by atomic mass is 32.2. The Balaban J connectivity index is 1.57. The number of benzene rings is 1. The van der Waals surface area contributed by atoms with E-state index in [1.807, 2.05) is 40.7 Å². The summed E-state index contributed by atoms with van der Waals surface area (Å²) >= 11 is 1.86. The summed E-state index contributed by atoms with van der Waals surface area (Å²) in [6, 6.07) is 14.5. The van der Waals surface area contributed by atoms with Crippen molar-refractivity contribution in [2.75, 3.05) is 13.1 Å². The van der Waals surface area contributed by atoms with E-state index in [2.05, 4.69) is 58.7 Å². The fourth-order valence-corrected chi connectivity index (χ4v) is 3.57. The van der Waals surface area contributed by atoms with E-state index in [0.29, 0.717) is 11.8 Å². The molecule has 146 valence electrons. The van der Waals surface area contributed by atoms with Gasteiger partial charge in [0.25, 0.3) is 0 Å². The Hall–Kier alpha value is -2.80. The van der Waals surface area contributed by atoms with E-state index in [1.165, 1.54) is 4.90 Å². The quantitative estimate of drug-likeness (QED) is 0.348. The zero-order valence-corrected chi connectivity index (χ0v) is 17.1. The molecule has 0 bridgehead atoms. The van der Waals surface area contributed by atoms with E-state index in [-0.39, 0.29) is 0 Å². The lowest BCUT2D eigenvalue weighted by molar-refractivity contribution is 0.794. The number of guanidine groups is 1. The van der Waals surface area contributed by atoms with Crippen molar-refractivity contribution >= 4 is 17.7 Å². The molecule has 0 fully saturated rings. The van der Waals surface area contributed by atoms with Crippen molar-refractivity contribution in [1.29, 1.82) is 0 Å². The van der Waals surface area contributed by atoms with Gasteiger partial charge in [0.15, 0.2) is 5.96 Å². The third-order valence-corrected chi connectivity index (χ3v) is 5.09. The molecule has 0 aliphatic carbocycles. The molecule has 0 spiro atoms. The van der Waals surface area contributed by atoms with Crippen LogP contribution in [0.4, 0.5) is 0 Å². The average Bonchev–Trinajstić information content (AvgIpc) is 3.26. The minimum atomic E-state index is 0.431. The maximum absolute atomic E-state index is 4.72. The van der Waals surface area contributed by atoms with Crippen LogP contribution in [0.25, 0.3) is 5.82 Å². The highest BCUT2D eigenvalue weighted by molar-refractivity contribution is 8.00. The molecule has 2 heterocycles. The Bertz CT molecular complexity index is 864. The maximum Gasteiger partial charge on any atom is 0.191 e. The van der Waals surface area contributed by atoms with Crippen LogP contribution in [0.15, 0.2) is 77.3 Å². The minimum absolute atomic E-state index is 0.431. The molecule has 3 rings (SSSR count). The molecule has 2 aromatic heterocycles. The van der Waals surface area contributed by atoms with E-state index >= 15 is 0 Å². The smallest absolute Gasteiger partial charge is 0.191 e. The number of pyridine rings is 1. The van der Waals surface area contributed by atoms with Crippen LogP contribution in [0.3, 0.4) is 0 Å². The number of hydrogen-bond acceptors (Lipinski definition) is 4. The monoisotopic (exact) mass is 394 g/mol. The fourth-order valence-electron chi connectivity index (χ4n) is 2.62. The van der Waals surface area contributed by atoms with Crippen molar-refractivity contribution in [3.8, 4) is 5.82 Å². The predicted octanol–water partition coefficient (Wildman–Crippen LogP) is 3.50. The first-order chi connectivity index (χ1) is 13.7. The van der Waals surface area contributed by atoms with Gasteiger partial charge in [-0.3, -0.25) is 4.57 Å². The fraction of sp³-hybridized carbons (Fsp3) is 0.286. The second kappa shape index (κ2) is 10.5. The van der Waals surface area contributed by atoms with Gasteiger partial charge in [-0.25, -0.2) is 15.0 Å². The standard InChI is InChI=1S/C21H26N6S/c1-3-23-21(25-14-17(2)28-19-7-5-4-6-8-19)26-15-18-9-10-24-20(13-18)27-12-11-22-16-27/h4-13,16-17H,3,14-15H2,1-2H3,(H2,23,25,26). The molecule has 0 radical (unpaired) electrons. The number of imidazole rings is 1. The van der Waals surface area contributed by atoms with Crippen molar-refractivity contribution in [2.45, 2.75) is 30.5 Å². The first kappa shape index (κ1) is 19.9. The van der Waals surface area contributed by atoms with Gasteiger partial charge in [0, 0.05) is 41.8 Å². The number of nitrogens with zero attached hydrogens (tertiary/aromatic N) is 4. The molecule has 0 aliphatic rings. The van der Waals surface area contributed by atoms with Crippen molar-refractivity contribution in [1.82, 2.24) is 25.2 Å². The van der Waals surface area contributed by atoms with Crippen LogP contribution in [0, 0.1) is 0 Å². The van der Waals surface area contributed by atoms with E-state index in [4.69, 9.17) is 4.99 Å². The summed E-state index contributed by atoms with van der Waals surface area (Å²) in [6.07, 6.45) is 7.17. The Labute approximate surface area is 170 Å². The van der Waals surface area contributed by atoms with Gasteiger partial charge in [-0.15, -0.1) is 11.8 Å². The second-order valence-electron chi connectivity index (χ2n) is 6.31. The molecule has 1 unspecified atom stereocenters. The van der Waals surface area contributed by atoms with Crippen molar-refractivity contribution in [3.63, 3.8) is 0 Å². The number of rotatable bonds is 8. The normalized spacial score (nSPS) is 12.6. The molecule has 0 amide bonds. The third kappa shape index (κ3) is 6.13. The maximum atomic E-state index is 4.72. The average molecular weight is 395 g/mol. The molecule has 2 N–H and O–H groups in total. The number of aliphatic imine (C=N–C) groups is 1. The lowest BCUT2D eigenvalue weighted by Crippen LogP contribution is -2.40. The minimum Gasteiger partial charge on any atom is -0.357 e. The van der Waals surface area contributed by atoms with Crippen molar-refractivity contribution in [2.24, 2.45) is 4.99 Å². The SMILES string of the molecule is CCNC(=NCc1ccnc(-n2ccnc2)c1)NCC(C)Sc1ccccc1. The third-order valence-electron chi connectivity index (χ3n) is 3.98. The molecule has 3 aromatic rings. The first-order valence-corrected chi connectivity index (χ1v) is 10.3. The molecular weight excluding hydrogens is 368 g/mol. The largest absolute Gasteiger partial charge is 0.357 e. The van der Waals surface area contributed by atoms with Crippen LogP contribution in [0.5, 0.6) is 0 Å². The van der Waals surface area contributed by atoms with Crippen LogP contribution in [0.2, 0.25) is 0 Å². The summed E-state index contributed by atoms with van der Waals surface area (Å²) in [5.74, 6) is 1.67. The Morgan fingerprint density at radius 1 is 1.18 bits per heavy atom. The zero-order chi connectivity index (χ0) is 19.6. The summed E-state index contributed by atoms with van der Waals surface area (Å²) in [4.78, 5) is 14.5. The highest BCUT2D eigenvalue weighted by Crippen LogP contribution is 2.21. The number of thioether (sulfide) groups is 1. The summed E-state index contributed by atoms with van der Waals surface area (Å²) < 4.78 is 1.89. The highest BCUT2D eigenvalue weighted by Gasteiger charge is 2.06. The summed E-state index contributed by atoms with van der Waals surface area (Å²) in [6.45, 7) is 6.53. The van der Waals surface area contributed by atoms with E-state index in [9.17, 15) is 0 Å². The van der Waals surface area contributed by atoms with E-state index < -0.39 is 0 Å². The van der Waals surface area contributed by atoms with Crippen molar-refractivity contribution < 1.29 is 0 Å². The van der Waals surface area contributed by atoms with Gasteiger partial charge in [0.2, 0.25) is 0 Å². The molecule has 1 atom stereocenters. The van der Waals surface area contributed by atoms with Gasteiger partial charge in [-0.2, -0.15) is 0 Å². The van der Waals surface area contributed by atoms with Crippen LogP contribution in [-0.2, 0) is 6.54 Å². The number of aromatic nitrogens is 3. The lowest BCUT2D eigenvalue weighted by atomic mass is 10.2. The zero-order valence-electron chi connectivity index (χ0n) is 16.2. The van der Waals surface area contributed by atoms with Crippen molar-refractivity contribution in [3.05, 3.63) is 72.9 Å². The Morgan fingerprint density at radius 2 is 2.04 bits per heavy atom. The molecule has 28 heavy (non-hydrogen) atoms. The van der Waals surface area contributed by atoms with Gasteiger partial charge < -0.3 is 10.6 Å². The predicted molar refractivity (Wildman–Crippen MR) is 116 cm³/mol. The summed E-state index contributed by atoms with van der Waals surface area (Å²) in [5.41, 5.74) is 1.10. The molecule has 1 aromatic carbocycles. The molecule has 0 aliphatic heterocycles. The van der Waals surface area contributed by atoms with E-state index in [1.54, 1.807) is 18.7 Å². The van der Waals surface area contributed by atoms with Crippen LogP contribution in [-0.4, -0.2) is 38.8 Å². The van der Waals surface area contributed by atoms with Gasteiger partial charge in [0.05, 0.1) is 6.54 Å². The summed E-state index contributed by atoms with van der Waals surface area (Å²) in [5, 5.41) is 7.18. The van der Waals surface area contributed by atoms with Gasteiger partial charge in [-0.1, -0.05) is 25.1 Å². The number of hydrogen-bond donors (Lipinski definition) is 2. The van der Waals surface area contributed by atoms with Gasteiger partial charge in [0.1, 0.15) is 12.1 Å². The molecule has 7 heteroatoms. The molecule has 6 nitrogen and oxygen atoms in total. The topological polar surface area (TPSA) is 67.1 Å². The van der Waals surface area contributed by atoms with Crippen LogP contribution in [0.1, 0.15) is 19.4 Å². The first-order valence-electron chi connectivity index (χ1n) is 9.41. The van der Waals surface area contributed by atoms with Gasteiger partial charge in [-0.05, 0) is 36.8 Å². The molecular formula is C21H26N6S. The second-order valence-corrected chi connectivity index (χ2v) is 7.82. The molecule has 0 saturated carbocycles. The summed E-state index contributed by atoms with van der Waals surface area (Å²) in [7, 11) is 0. The lowest BCUT2D eigenvalue weighted by Gasteiger charge is -2.16.